The highest BCUT2D eigenvalue weighted by Gasteiger charge is 2.76. The Labute approximate surface area is 214 Å². The summed E-state index contributed by atoms with van der Waals surface area (Å²) in [6.07, 6.45) is 3.17. The number of carbonyl (C=O) groups excluding carboxylic acids is 2. The van der Waals surface area contributed by atoms with Gasteiger partial charge in [-0.25, -0.2) is 23.7 Å². The van der Waals surface area contributed by atoms with Crippen LogP contribution in [0.3, 0.4) is 0 Å². The van der Waals surface area contributed by atoms with E-state index in [2.05, 4.69) is 35.5 Å². The molecule has 4 aromatic heterocycles. The lowest BCUT2D eigenvalue weighted by Crippen LogP contribution is -2.19. The number of rotatable bonds is 8. The average Bonchev–Trinajstić information content (AvgIpc) is 3.26. The number of nitrogens with zero attached hydrogens (tertiary/aromatic N) is 4. The molecule has 11 nitrogen and oxygen atoms in total. The SMILES string of the molecule is COC(=O)[C@@H]1[C@@H](C(=O)Nc2ccc(-c3onc(C)c3CNc3nccc(-c4ccco4)n3)nc2C)C1(F)F. The number of hydrogen-bond acceptors (Lipinski definition) is 10. The first-order valence-corrected chi connectivity index (χ1v) is 11.5. The highest BCUT2D eigenvalue weighted by molar-refractivity contribution is 6.00. The van der Waals surface area contributed by atoms with Gasteiger partial charge < -0.3 is 24.3 Å². The van der Waals surface area contributed by atoms with Crippen LogP contribution in [0.2, 0.25) is 0 Å². The van der Waals surface area contributed by atoms with E-state index in [1.807, 2.05) is 0 Å². The second-order valence-electron chi connectivity index (χ2n) is 8.64. The molecule has 1 saturated carbocycles. The molecule has 1 fully saturated rings. The van der Waals surface area contributed by atoms with Crippen molar-refractivity contribution in [1.82, 2.24) is 20.1 Å². The van der Waals surface area contributed by atoms with Crippen LogP contribution in [-0.2, 0) is 20.9 Å². The molecular formula is C25H22F2N6O5. The Hall–Kier alpha value is -4.68. The maximum absolute atomic E-state index is 14.0. The number of pyridine rings is 1. The Kier molecular flexibility index (Phi) is 6.35. The first kappa shape index (κ1) is 25.0. The minimum atomic E-state index is -3.46. The number of esters is 1. The molecule has 2 N–H and O–H groups in total. The number of halogens is 2. The van der Waals surface area contributed by atoms with Crippen molar-refractivity contribution in [2.24, 2.45) is 11.8 Å². The molecule has 4 aromatic rings. The number of aryl methyl sites for hydroxylation is 2. The minimum absolute atomic E-state index is 0.226. The Balaban J connectivity index is 1.30. The zero-order valence-corrected chi connectivity index (χ0v) is 20.5. The smallest absolute Gasteiger partial charge is 0.315 e. The second-order valence-corrected chi connectivity index (χ2v) is 8.64. The van der Waals surface area contributed by atoms with Gasteiger partial charge in [0.15, 0.2) is 11.5 Å². The lowest BCUT2D eigenvalue weighted by Gasteiger charge is -2.10. The second kappa shape index (κ2) is 9.65. The highest BCUT2D eigenvalue weighted by Crippen LogP contribution is 2.56. The Morgan fingerprint density at radius 2 is 1.89 bits per heavy atom. The van der Waals surface area contributed by atoms with Crippen molar-refractivity contribution in [3.63, 3.8) is 0 Å². The topological polar surface area (TPSA) is 145 Å². The van der Waals surface area contributed by atoms with Crippen molar-refractivity contribution < 1.29 is 32.0 Å². The number of alkyl halides is 2. The number of methoxy groups -OCH3 is 1. The fourth-order valence-electron chi connectivity index (χ4n) is 4.07. The third-order valence-electron chi connectivity index (χ3n) is 6.20. The molecule has 0 spiro atoms. The molecule has 0 bridgehead atoms. The van der Waals surface area contributed by atoms with E-state index in [0.717, 1.165) is 7.11 Å². The van der Waals surface area contributed by atoms with Gasteiger partial charge in [0.05, 0.1) is 30.4 Å². The Morgan fingerprint density at radius 1 is 1.08 bits per heavy atom. The molecule has 1 amide bonds. The number of aromatic nitrogens is 4. The molecule has 0 aliphatic heterocycles. The molecule has 5 rings (SSSR count). The third kappa shape index (κ3) is 4.58. The number of furan rings is 1. The summed E-state index contributed by atoms with van der Waals surface area (Å²) in [6, 6.07) is 8.38. The molecule has 2 atom stereocenters. The van der Waals surface area contributed by atoms with Crippen LogP contribution < -0.4 is 10.6 Å². The zero-order valence-electron chi connectivity index (χ0n) is 20.5. The highest BCUT2D eigenvalue weighted by atomic mass is 19.3. The van der Waals surface area contributed by atoms with E-state index in [-0.39, 0.29) is 12.2 Å². The molecule has 196 valence electrons. The number of ether oxygens (including phenoxy) is 1. The van der Waals surface area contributed by atoms with Crippen LogP contribution in [0.5, 0.6) is 0 Å². The van der Waals surface area contributed by atoms with Crippen LogP contribution in [0.15, 0.2) is 51.7 Å². The van der Waals surface area contributed by atoms with Crippen molar-refractivity contribution in [2.45, 2.75) is 26.3 Å². The van der Waals surface area contributed by atoms with Gasteiger partial charge in [0.1, 0.15) is 23.2 Å². The van der Waals surface area contributed by atoms with Crippen LogP contribution in [0, 0.1) is 25.7 Å². The molecule has 0 saturated heterocycles. The normalized spacial score (nSPS) is 17.6. The van der Waals surface area contributed by atoms with Gasteiger partial charge in [-0.3, -0.25) is 9.59 Å². The monoisotopic (exact) mass is 524 g/mol. The summed E-state index contributed by atoms with van der Waals surface area (Å²) in [5, 5.41) is 9.60. The van der Waals surface area contributed by atoms with Crippen LogP contribution >= 0.6 is 0 Å². The van der Waals surface area contributed by atoms with Crippen LogP contribution in [0.25, 0.3) is 22.9 Å². The molecular weight excluding hydrogens is 502 g/mol. The molecule has 13 heteroatoms. The maximum atomic E-state index is 14.0. The third-order valence-corrected chi connectivity index (χ3v) is 6.20. The van der Waals surface area contributed by atoms with E-state index in [9.17, 15) is 18.4 Å². The number of nitrogens with one attached hydrogen (secondary N) is 2. The van der Waals surface area contributed by atoms with E-state index in [0.29, 0.717) is 45.8 Å². The van der Waals surface area contributed by atoms with Crippen molar-refractivity contribution in [2.75, 3.05) is 17.7 Å². The van der Waals surface area contributed by atoms with Crippen molar-refractivity contribution in [3.05, 3.63) is 59.7 Å². The van der Waals surface area contributed by atoms with Gasteiger partial charge in [0.2, 0.25) is 11.9 Å². The summed E-state index contributed by atoms with van der Waals surface area (Å²) in [7, 11) is 0.999. The summed E-state index contributed by atoms with van der Waals surface area (Å²) in [4.78, 5) is 37.1. The van der Waals surface area contributed by atoms with Gasteiger partial charge in [0, 0.05) is 18.3 Å². The number of anilines is 2. The summed E-state index contributed by atoms with van der Waals surface area (Å²) in [5.74, 6) is -7.80. The molecule has 0 unspecified atom stereocenters. The van der Waals surface area contributed by atoms with Crippen LogP contribution in [0.1, 0.15) is 17.0 Å². The Bertz CT molecular complexity index is 1500. The van der Waals surface area contributed by atoms with Gasteiger partial charge in [0.25, 0.3) is 5.92 Å². The van der Waals surface area contributed by atoms with Crippen LogP contribution in [-0.4, -0.2) is 45.0 Å². The molecule has 38 heavy (non-hydrogen) atoms. The van der Waals surface area contributed by atoms with Crippen molar-refractivity contribution in [3.8, 4) is 22.9 Å². The molecule has 4 heterocycles. The molecule has 0 radical (unpaired) electrons. The summed E-state index contributed by atoms with van der Waals surface area (Å²) in [5.41, 5.74) is 2.95. The van der Waals surface area contributed by atoms with Gasteiger partial charge >= 0.3 is 5.97 Å². The number of hydrogen-bond donors (Lipinski definition) is 2. The van der Waals surface area contributed by atoms with Crippen molar-refractivity contribution >= 4 is 23.5 Å². The first-order valence-electron chi connectivity index (χ1n) is 11.5. The van der Waals surface area contributed by atoms with E-state index in [1.54, 1.807) is 50.6 Å². The maximum Gasteiger partial charge on any atom is 0.315 e. The van der Waals surface area contributed by atoms with Gasteiger partial charge in [-0.2, -0.15) is 0 Å². The molecule has 1 aliphatic rings. The molecule has 0 aromatic carbocycles. The first-order chi connectivity index (χ1) is 18.2. The van der Waals surface area contributed by atoms with Crippen molar-refractivity contribution in [1.29, 1.82) is 0 Å². The standard InChI is InChI=1S/C25H22F2N6O5/c1-12-14(11-29-24-28-9-8-16(32-24)18-5-4-10-37-18)21(38-33-12)17-7-6-15(13(2)30-17)31-22(34)19-20(23(35)36-3)25(19,26)27/h4-10,19-20H,11H2,1-3H3,(H,31,34)(H,28,29,32)/t19-,20-/m0/s1. The average molecular weight is 524 g/mol. The van der Waals surface area contributed by atoms with E-state index in [1.165, 1.54) is 6.07 Å². The Morgan fingerprint density at radius 3 is 2.61 bits per heavy atom. The quantitative estimate of drug-likeness (QED) is 0.324. The van der Waals surface area contributed by atoms with E-state index < -0.39 is 29.6 Å². The lowest BCUT2D eigenvalue weighted by atomic mass is 10.1. The molecule has 1 aliphatic carbocycles. The van der Waals surface area contributed by atoms with E-state index in [4.69, 9.17) is 8.94 Å². The fourth-order valence-corrected chi connectivity index (χ4v) is 4.07. The summed E-state index contributed by atoms with van der Waals surface area (Å²) in [6.45, 7) is 3.66. The van der Waals surface area contributed by atoms with Gasteiger partial charge in [-0.05, 0) is 44.2 Å². The number of amides is 1. The predicted molar refractivity (Wildman–Crippen MR) is 129 cm³/mol. The predicted octanol–water partition coefficient (Wildman–Crippen LogP) is 4.01. The van der Waals surface area contributed by atoms with Gasteiger partial charge in [-0.1, -0.05) is 5.16 Å². The summed E-state index contributed by atoms with van der Waals surface area (Å²) < 4.78 is 43.2. The lowest BCUT2D eigenvalue weighted by molar-refractivity contribution is -0.144. The van der Waals surface area contributed by atoms with Gasteiger partial charge in [-0.15, -0.1) is 0 Å². The largest absolute Gasteiger partial charge is 0.469 e. The zero-order chi connectivity index (χ0) is 27.0. The van der Waals surface area contributed by atoms with Crippen LogP contribution in [0.4, 0.5) is 20.4 Å². The van der Waals surface area contributed by atoms with E-state index >= 15 is 0 Å². The number of carbonyl (C=O) groups is 2. The minimum Gasteiger partial charge on any atom is -0.469 e. The summed E-state index contributed by atoms with van der Waals surface area (Å²) >= 11 is 0. The fraction of sp³-hybridized carbons (Fsp3) is 0.280.